The summed E-state index contributed by atoms with van der Waals surface area (Å²) in [7, 11) is 0. The van der Waals surface area contributed by atoms with E-state index in [4.69, 9.17) is 0 Å². The van der Waals surface area contributed by atoms with Crippen LogP contribution < -0.4 is 0 Å². The highest BCUT2D eigenvalue weighted by Crippen LogP contribution is 2.40. The first-order chi connectivity index (χ1) is 9.66. The molecule has 1 rings (SSSR count). The van der Waals surface area contributed by atoms with Crippen molar-refractivity contribution < 1.29 is 17.6 Å². The zero-order valence-electron chi connectivity index (χ0n) is 14.2. The van der Waals surface area contributed by atoms with Crippen LogP contribution in [0, 0.1) is 10.8 Å². The minimum atomic E-state index is -2.84. The van der Waals surface area contributed by atoms with Gasteiger partial charge in [-0.15, -0.1) is 0 Å². The third kappa shape index (κ3) is 4.47. The number of hydrogen-bond acceptors (Lipinski definition) is 0. The molecule has 126 valence electrons. The Kier molecular flexibility index (Phi) is 5.06. The molecule has 0 aliphatic heterocycles. The van der Waals surface area contributed by atoms with Crippen molar-refractivity contribution in [1.82, 2.24) is 0 Å². The third-order valence-corrected chi connectivity index (χ3v) is 4.07. The average Bonchev–Trinajstić information content (AvgIpc) is 2.28. The first kappa shape index (κ1) is 19.0. The van der Waals surface area contributed by atoms with Gasteiger partial charge >= 0.3 is 0 Å². The van der Waals surface area contributed by atoms with Gasteiger partial charge in [-0.2, -0.15) is 0 Å². The number of hydrogen-bond donors (Lipinski definition) is 0. The number of alkyl halides is 4. The van der Waals surface area contributed by atoms with Gasteiger partial charge in [0.05, 0.1) is 0 Å². The van der Waals surface area contributed by atoms with Crippen molar-refractivity contribution in [3.8, 4) is 0 Å². The molecule has 0 heterocycles. The Morgan fingerprint density at radius 2 is 0.818 bits per heavy atom. The molecule has 4 heteroatoms. The summed E-state index contributed by atoms with van der Waals surface area (Å²) in [6.07, 6.45) is -0.765. The Morgan fingerprint density at radius 1 is 0.591 bits per heavy atom. The molecule has 0 fully saturated rings. The summed E-state index contributed by atoms with van der Waals surface area (Å²) in [6, 6.07) is 6.09. The van der Waals surface area contributed by atoms with Crippen molar-refractivity contribution >= 4 is 0 Å². The lowest BCUT2D eigenvalue weighted by molar-refractivity contribution is -0.0960. The van der Waals surface area contributed by atoms with Crippen LogP contribution in [0.15, 0.2) is 24.3 Å². The summed E-state index contributed by atoms with van der Waals surface area (Å²) >= 11 is 0. The largest absolute Gasteiger partial charge is 0.256 e. The minimum Gasteiger partial charge on any atom is -0.206 e. The van der Waals surface area contributed by atoms with Crippen LogP contribution in [0.5, 0.6) is 0 Å². The SMILES string of the molecule is CC(C)(C)C(F)(F)Cc1ccc(CC(F)(F)C(C)(C)C)cc1. The van der Waals surface area contributed by atoms with Crippen molar-refractivity contribution in [2.24, 2.45) is 10.8 Å². The van der Waals surface area contributed by atoms with E-state index in [1.165, 1.54) is 65.8 Å². The van der Waals surface area contributed by atoms with Crippen molar-refractivity contribution in [1.29, 1.82) is 0 Å². The maximum absolute atomic E-state index is 14.0. The summed E-state index contributed by atoms with van der Waals surface area (Å²) in [5.74, 6) is -5.69. The van der Waals surface area contributed by atoms with E-state index in [0.29, 0.717) is 11.1 Å². The summed E-state index contributed by atoms with van der Waals surface area (Å²) in [6.45, 7) is 8.95. The number of halogens is 4. The summed E-state index contributed by atoms with van der Waals surface area (Å²) in [5.41, 5.74) is -1.35. The van der Waals surface area contributed by atoms with Crippen molar-refractivity contribution in [3.63, 3.8) is 0 Å². The Balaban J connectivity index is 2.85. The second-order valence-corrected chi connectivity index (χ2v) is 8.08. The molecule has 0 saturated heterocycles. The maximum atomic E-state index is 14.0. The van der Waals surface area contributed by atoms with E-state index in [-0.39, 0.29) is 12.8 Å². The molecule has 0 aromatic heterocycles. The third-order valence-electron chi connectivity index (χ3n) is 4.07. The second kappa shape index (κ2) is 5.86. The second-order valence-electron chi connectivity index (χ2n) is 8.08. The Bertz CT molecular complexity index is 440. The van der Waals surface area contributed by atoms with Crippen LogP contribution in [0.2, 0.25) is 0 Å². The van der Waals surface area contributed by atoms with E-state index in [0.717, 1.165) is 0 Å². The molecule has 1 aromatic carbocycles. The molecule has 0 radical (unpaired) electrons. The van der Waals surface area contributed by atoms with E-state index in [1.54, 1.807) is 0 Å². The van der Waals surface area contributed by atoms with Gasteiger partial charge in [-0.05, 0) is 11.1 Å². The topological polar surface area (TPSA) is 0 Å². The van der Waals surface area contributed by atoms with Gasteiger partial charge in [-0.3, -0.25) is 0 Å². The Labute approximate surface area is 130 Å². The molecule has 0 aliphatic rings. The molecule has 0 aliphatic carbocycles. The molecule has 0 saturated carbocycles. The van der Waals surface area contributed by atoms with E-state index >= 15 is 0 Å². The van der Waals surface area contributed by atoms with Gasteiger partial charge in [-0.1, -0.05) is 65.8 Å². The monoisotopic (exact) mass is 318 g/mol. The normalized spacial score (nSPS) is 14.3. The standard InChI is InChI=1S/C18H26F4/c1-15(2,3)17(19,20)11-13-7-9-14(10-8-13)12-18(21,22)16(4,5)6/h7-10H,11-12H2,1-6H3. The fraction of sp³-hybridized carbons (Fsp3) is 0.667. The molecule has 0 atom stereocenters. The minimum absolute atomic E-state index is 0.382. The Hall–Kier alpha value is -1.06. The highest BCUT2D eigenvalue weighted by molar-refractivity contribution is 5.25. The average molecular weight is 318 g/mol. The maximum Gasteiger partial charge on any atom is 0.256 e. The lowest BCUT2D eigenvalue weighted by Crippen LogP contribution is -2.36. The highest BCUT2D eigenvalue weighted by Gasteiger charge is 2.44. The van der Waals surface area contributed by atoms with Crippen LogP contribution in [0.1, 0.15) is 52.7 Å². The fourth-order valence-corrected chi connectivity index (χ4v) is 1.82. The lowest BCUT2D eigenvalue weighted by atomic mass is 9.83. The summed E-state index contributed by atoms with van der Waals surface area (Å²) in [4.78, 5) is 0. The molecule has 0 N–H and O–H groups in total. The van der Waals surface area contributed by atoms with E-state index in [1.807, 2.05) is 0 Å². The first-order valence-corrected chi connectivity index (χ1v) is 7.49. The molecule has 0 nitrogen and oxygen atoms in total. The molecular weight excluding hydrogens is 292 g/mol. The predicted molar refractivity (Wildman–Crippen MR) is 82.7 cm³/mol. The van der Waals surface area contributed by atoms with Crippen molar-refractivity contribution in [2.75, 3.05) is 0 Å². The molecule has 0 spiro atoms. The van der Waals surface area contributed by atoms with Crippen molar-refractivity contribution in [2.45, 2.75) is 66.2 Å². The molecule has 0 amide bonds. The van der Waals surface area contributed by atoms with Crippen molar-refractivity contribution in [3.05, 3.63) is 35.4 Å². The van der Waals surface area contributed by atoms with Gasteiger partial charge in [0.25, 0.3) is 11.8 Å². The van der Waals surface area contributed by atoms with Gasteiger partial charge in [0.1, 0.15) is 0 Å². The zero-order valence-corrected chi connectivity index (χ0v) is 14.2. The van der Waals surface area contributed by atoms with Gasteiger partial charge in [0.2, 0.25) is 0 Å². The van der Waals surface area contributed by atoms with Gasteiger partial charge in [0, 0.05) is 23.7 Å². The van der Waals surface area contributed by atoms with E-state index in [9.17, 15) is 17.6 Å². The Morgan fingerprint density at radius 3 is 1.00 bits per heavy atom. The van der Waals surface area contributed by atoms with Crippen LogP contribution in [0.3, 0.4) is 0 Å². The van der Waals surface area contributed by atoms with E-state index < -0.39 is 22.7 Å². The molecule has 22 heavy (non-hydrogen) atoms. The summed E-state index contributed by atoms with van der Waals surface area (Å²) in [5, 5.41) is 0. The molecule has 1 aromatic rings. The highest BCUT2D eigenvalue weighted by atomic mass is 19.3. The number of benzene rings is 1. The fourth-order valence-electron chi connectivity index (χ4n) is 1.82. The first-order valence-electron chi connectivity index (χ1n) is 7.49. The molecule has 0 unspecified atom stereocenters. The summed E-state index contributed by atoms with van der Waals surface area (Å²) < 4.78 is 56.1. The predicted octanol–water partition coefficient (Wildman–Crippen LogP) is 6.13. The number of rotatable bonds is 4. The smallest absolute Gasteiger partial charge is 0.206 e. The van der Waals surface area contributed by atoms with Gasteiger partial charge < -0.3 is 0 Å². The van der Waals surface area contributed by atoms with Crippen LogP contribution in [-0.2, 0) is 12.8 Å². The van der Waals surface area contributed by atoms with Gasteiger partial charge in [0.15, 0.2) is 0 Å². The molecule has 0 bridgehead atoms. The lowest BCUT2D eigenvalue weighted by Gasteiger charge is -2.31. The molecular formula is C18H26F4. The van der Waals surface area contributed by atoms with Crippen LogP contribution >= 0.6 is 0 Å². The van der Waals surface area contributed by atoms with Crippen LogP contribution in [0.25, 0.3) is 0 Å². The van der Waals surface area contributed by atoms with Crippen LogP contribution in [-0.4, -0.2) is 11.8 Å². The van der Waals surface area contributed by atoms with Crippen LogP contribution in [0.4, 0.5) is 17.6 Å². The van der Waals surface area contributed by atoms with Gasteiger partial charge in [-0.25, -0.2) is 17.6 Å². The quantitative estimate of drug-likeness (QED) is 0.585. The van der Waals surface area contributed by atoms with E-state index in [2.05, 4.69) is 0 Å². The zero-order chi connectivity index (χ0) is 17.4.